The lowest BCUT2D eigenvalue weighted by Crippen LogP contribution is -2.44. The van der Waals surface area contributed by atoms with Gasteiger partial charge in [-0.2, -0.15) is 0 Å². The second kappa shape index (κ2) is 6.78. The van der Waals surface area contributed by atoms with Crippen LogP contribution in [0, 0.1) is 11.7 Å². The van der Waals surface area contributed by atoms with Crippen LogP contribution in [0.5, 0.6) is 0 Å². The molecular weight excluding hydrogens is 281 g/mol. The van der Waals surface area contributed by atoms with Gasteiger partial charge >= 0.3 is 0 Å². The van der Waals surface area contributed by atoms with E-state index >= 15 is 0 Å². The first-order chi connectivity index (χ1) is 10.7. The Morgan fingerprint density at radius 3 is 2.09 bits per heavy atom. The van der Waals surface area contributed by atoms with Crippen LogP contribution in [0.15, 0.2) is 24.3 Å². The van der Waals surface area contributed by atoms with Gasteiger partial charge in [-0.05, 0) is 75.1 Å². The first kappa shape index (κ1) is 15.5. The lowest BCUT2D eigenvalue weighted by atomic mass is 9.83. The van der Waals surface area contributed by atoms with Crippen LogP contribution in [-0.2, 0) is 0 Å². The van der Waals surface area contributed by atoms with Crippen molar-refractivity contribution in [2.75, 3.05) is 6.61 Å². The molecule has 0 aromatic heterocycles. The highest BCUT2D eigenvalue weighted by atomic mass is 19.1. The maximum Gasteiger partial charge on any atom is 0.254 e. The molecule has 0 bridgehead atoms. The number of aliphatic hydroxyl groups excluding tert-OH is 1. The molecular formula is C18H24FNO2. The zero-order valence-electron chi connectivity index (χ0n) is 12.9. The van der Waals surface area contributed by atoms with E-state index in [-0.39, 0.29) is 18.3 Å². The van der Waals surface area contributed by atoms with Gasteiger partial charge in [-0.25, -0.2) is 4.39 Å². The highest BCUT2D eigenvalue weighted by Crippen LogP contribution is 2.37. The summed E-state index contributed by atoms with van der Waals surface area (Å²) >= 11 is 0. The number of carbonyl (C=O) groups excluding carboxylic acids is 1. The van der Waals surface area contributed by atoms with E-state index in [9.17, 15) is 9.18 Å². The van der Waals surface area contributed by atoms with Crippen molar-refractivity contribution in [3.05, 3.63) is 35.6 Å². The van der Waals surface area contributed by atoms with Crippen molar-refractivity contribution in [3.63, 3.8) is 0 Å². The SMILES string of the molecule is O=C(c1ccc(F)cc1)N(C1CCC(CCO)CC1)C1CC1. The smallest absolute Gasteiger partial charge is 0.254 e. The molecule has 120 valence electrons. The second-order valence-electron chi connectivity index (χ2n) is 6.64. The number of halogens is 1. The van der Waals surface area contributed by atoms with Gasteiger partial charge in [-0.15, -0.1) is 0 Å². The lowest BCUT2D eigenvalue weighted by molar-refractivity contribution is 0.0578. The molecule has 4 heteroatoms. The zero-order valence-corrected chi connectivity index (χ0v) is 12.9. The van der Waals surface area contributed by atoms with Crippen molar-refractivity contribution >= 4 is 5.91 Å². The normalized spacial score (nSPS) is 25.0. The monoisotopic (exact) mass is 305 g/mol. The molecule has 1 aromatic rings. The quantitative estimate of drug-likeness (QED) is 0.906. The van der Waals surface area contributed by atoms with Crippen molar-refractivity contribution < 1.29 is 14.3 Å². The summed E-state index contributed by atoms with van der Waals surface area (Å²) in [7, 11) is 0. The van der Waals surface area contributed by atoms with Crippen molar-refractivity contribution in [2.24, 2.45) is 5.92 Å². The van der Waals surface area contributed by atoms with Gasteiger partial charge in [-0.1, -0.05) is 0 Å². The Labute approximate surface area is 131 Å². The molecule has 2 fully saturated rings. The molecule has 22 heavy (non-hydrogen) atoms. The number of hydrogen-bond donors (Lipinski definition) is 1. The topological polar surface area (TPSA) is 40.5 Å². The molecule has 0 heterocycles. The van der Waals surface area contributed by atoms with E-state index in [4.69, 9.17) is 5.11 Å². The predicted molar refractivity (Wildman–Crippen MR) is 83.0 cm³/mol. The molecule has 1 N–H and O–H groups in total. The van der Waals surface area contributed by atoms with E-state index in [0.29, 0.717) is 23.6 Å². The van der Waals surface area contributed by atoms with E-state index in [0.717, 1.165) is 44.9 Å². The van der Waals surface area contributed by atoms with E-state index in [1.165, 1.54) is 12.1 Å². The van der Waals surface area contributed by atoms with E-state index in [1.54, 1.807) is 12.1 Å². The summed E-state index contributed by atoms with van der Waals surface area (Å²) in [6.07, 6.45) is 7.27. The minimum absolute atomic E-state index is 0.0492. The number of aliphatic hydroxyl groups is 1. The second-order valence-corrected chi connectivity index (χ2v) is 6.64. The van der Waals surface area contributed by atoms with Gasteiger partial charge in [0.1, 0.15) is 5.82 Å². The van der Waals surface area contributed by atoms with Crippen LogP contribution < -0.4 is 0 Å². The van der Waals surface area contributed by atoms with Gasteiger partial charge in [0.05, 0.1) is 0 Å². The molecule has 2 aliphatic rings. The molecule has 2 saturated carbocycles. The molecule has 0 radical (unpaired) electrons. The average Bonchev–Trinajstić information content (AvgIpc) is 3.35. The molecule has 0 saturated heterocycles. The minimum atomic E-state index is -0.306. The molecule has 1 aromatic carbocycles. The number of amides is 1. The minimum Gasteiger partial charge on any atom is -0.396 e. The van der Waals surface area contributed by atoms with Gasteiger partial charge in [-0.3, -0.25) is 4.79 Å². The molecule has 0 aliphatic heterocycles. The van der Waals surface area contributed by atoms with Crippen LogP contribution in [0.4, 0.5) is 4.39 Å². The first-order valence-electron chi connectivity index (χ1n) is 8.38. The third-order valence-electron chi connectivity index (χ3n) is 5.01. The Kier molecular flexibility index (Phi) is 4.77. The molecule has 1 amide bonds. The van der Waals surface area contributed by atoms with Gasteiger partial charge < -0.3 is 10.0 Å². The van der Waals surface area contributed by atoms with Gasteiger partial charge in [0.15, 0.2) is 0 Å². The number of benzene rings is 1. The van der Waals surface area contributed by atoms with Crippen LogP contribution in [0.25, 0.3) is 0 Å². The number of rotatable bonds is 5. The van der Waals surface area contributed by atoms with Crippen molar-refractivity contribution in [2.45, 2.75) is 57.0 Å². The van der Waals surface area contributed by atoms with Crippen LogP contribution in [-0.4, -0.2) is 34.6 Å². The fourth-order valence-electron chi connectivity index (χ4n) is 3.62. The average molecular weight is 305 g/mol. The number of carbonyl (C=O) groups is 1. The van der Waals surface area contributed by atoms with Crippen LogP contribution in [0.2, 0.25) is 0 Å². The highest BCUT2D eigenvalue weighted by Gasteiger charge is 2.39. The first-order valence-corrected chi connectivity index (χ1v) is 8.38. The van der Waals surface area contributed by atoms with E-state index in [2.05, 4.69) is 4.90 Å². The Balaban J connectivity index is 1.68. The zero-order chi connectivity index (χ0) is 15.5. The number of hydrogen-bond acceptors (Lipinski definition) is 2. The molecule has 0 atom stereocenters. The molecule has 0 spiro atoms. The van der Waals surface area contributed by atoms with Crippen LogP contribution in [0.1, 0.15) is 55.3 Å². The summed E-state index contributed by atoms with van der Waals surface area (Å²) in [5.41, 5.74) is 0.589. The largest absolute Gasteiger partial charge is 0.396 e. The van der Waals surface area contributed by atoms with Crippen molar-refractivity contribution in [3.8, 4) is 0 Å². The summed E-state index contributed by atoms with van der Waals surface area (Å²) in [4.78, 5) is 14.9. The molecule has 2 aliphatic carbocycles. The Bertz CT molecular complexity index is 504. The summed E-state index contributed by atoms with van der Waals surface area (Å²) < 4.78 is 13.0. The van der Waals surface area contributed by atoms with Gasteiger partial charge in [0.25, 0.3) is 5.91 Å². The van der Waals surface area contributed by atoms with Crippen LogP contribution >= 0.6 is 0 Å². The van der Waals surface area contributed by atoms with E-state index in [1.807, 2.05) is 0 Å². The molecule has 0 unspecified atom stereocenters. The maximum atomic E-state index is 13.0. The van der Waals surface area contributed by atoms with Crippen molar-refractivity contribution in [1.82, 2.24) is 4.90 Å². The summed E-state index contributed by atoms with van der Waals surface area (Å²) in [5.74, 6) is 0.343. The molecule has 3 nitrogen and oxygen atoms in total. The Hall–Kier alpha value is -1.42. The summed E-state index contributed by atoms with van der Waals surface area (Å²) in [6, 6.07) is 6.57. The fraction of sp³-hybridized carbons (Fsp3) is 0.611. The van der Waals surface area contributed by atoms with Gasteiger partial charge in [0.2, 0.25) is 0 Å². The third-order valence-corrected chi connectivity index (χ3v) is 5.01. The van der Waals surface area contributed by atoms with Crippen LogP contribution in [0.3, 0.4) is 0 Å². The maximum absolute atomic E-state index is 13.0. The summed E-state index contributed by atoms with van der Waals surface area (Å²) in [6.45, 7) is 0.260. The Morgan fingerprint density at radius 2 is 1.59 bits per heavy atom. The van der Waals surface area contributed by atoms with E-state index < -0.39 is 0 Å². The molecule has 3 rings (SSSR count). The predicted octanol–water partition coefficient (Wildman–Crippen LogP) is 3.37. The fourth-order valence-corrected chi connectivity index (χ4v) is 3.62. The lowest BCUT2D eigenvalue weighted by Gasteiger charge is -2.37. The third kappa shape index (κ3) is 3.49. The standard InChI is InChI=1S/C18H24FNO2/c19-15-5-3-14(4-6-15)18(22)20(17-9-10-17)16-7-1-13(2-8-16)11-12-21/h3-6,13,16-17,21H,1-2,7-12H2. The summed E-state index contributed by atoms with van der Waals surface area (Å²) in [5, 5.41) is 9.06. The Morgan fingerprint density at radius 1 is 1.05 bits per heavy atom. The highest BCUT2D eigenvalue weighted by molar-refractivity contribution is 5.94. The van der Waals surface area contributed by atoms with Crippen molar-refractivity contribution in [1.29, 1.82) is 0 Å². The number of nitrogens with zero attached hydrogens (tertiary/aromatic N) is 1. The van der Waals surface area contributed by atoms with Gasteiger partial charge in [0, 0.05) is 24.3 Å².